The highest BCUT2D eigenvalue weighted by Crippen LogP contribution is 2.29. The Morgan fingerprint density at radius 1 is 1.25 bits per heavy atom. The number of ether oxygens (including phenoxy) is 1. The number of hydrogen-bond donors (Lipinski definition) is 1. The van der Waals surface area contributed by atoms with Gasteiger partial charge in [-0.05, 0) is 35.8 Å². The van der Waals surface area contributed by atoms with Crippen LogP contribution in [0.25, 0.3) is 11.3 Å². The Hall–Kier alpha value is -3.61. The van der Waals surface area contributed by atoms with E-state index >= 15 is 0 Å². The van der Waals surface area contributed by atoms with Crippen molar-refractivity contribution in [1.29, 1.82) is 0 Å². The molecule has 2 heterocycles. The standard InChI is InChI=1S/C23H21F2N5O2/c24-20-10-19(30-13-18(12-26)27-28-30)11-21(25)23(20)17-6-8-29(9-7-17)22(31)15-32-14-16-4-2-1-3-5-16/h2,4-6,10-11,13H,7-9,12,14-15,26H2. The van der Waals surface area contributed by atoms with Gasteiger partial charge in [0.05, 0.1) is 24.2 Å². The zero-order chi connectivity index (χ0) is 22.5. The summed E-state index contributed by atoms with van der Waals surface area (Å²) in [4.78, 5) is 14.0. The summed E-state index contributed by atoms with van der Waals surface area (Å²) in [5.74, 6) is -1.57. The van der Waals surface area contributed by atoms with Crippen LogP contribution in [0, 0.1) is 11.6 Å². The second-order valence-electron chi connectivity index (χ2n) is 7.30. The van der Waals surface area contributed by atoms with Crippen molar-refractivity contribution in [3.8, 4) is 5.69 Å². The third kappa shape index (κ3) is 4.82. The number of halogens is 2. The topological polar surface area (TPSA) is 86.3 Å². The van der Waals surface area contributed by atoms with E-state index in [0.717, 1.165) is 5.57 Å². The van der Waals surface area contributed by atoms with Crippen LogP contribution >= 0.6 is 0 Å². The second kappa shape index (κ2) is 9.68. The second-order valence-corrected chi connectivity index (χ2v) is 7.30. The molecule has 1 aromatic heterocycles. The maximum absolute atomic E-state index is 14.8. The number of rotatable bonds is 7. The Bertz CT molecular complexity index is 1180. The van der Waals surface area contributed by atoms with Gasteiger partial charge in [0.2, 0.25) is 5.91 Å². The number of carbonyl (C=O) groups excluding carboxylic acids is 1. The van der Waals surface area contributed by atoms with Crippen LogP contribution in [0.1, 0.15) is 17.7 Å². The molecule has 1 aromatic carbocycles. The van der Waals surface area contributed by atoms with Crippen LogP contribution in [0.3, 0.4) is 0 Å². The summed E-state index contributed by atoms with van der Waals surface area (Å²) >= 11 is 0. The number of carbonyl (C=O) groups is 1. The van der Waals surface area contributed by atoms with Crippen LogP contribution in [0.15, 0.2) is 59.7 Å². The van der Waals surface area contributed by atoms with E-state index in [1.54, 1.807) is 23.1 Å². The largest absolute Gasteiger partial charge is 0.367 e. The average molecular weight is 437 g/mol. The summed E-state index contributed by atoms with van der Waals surface area (Å²) in [6, 6.07) is 2.41. The Morgan fingerprint density at radius 3 is 2.69 bits per heavy atom. The summed E-state index contributed by atoms with van der Waals surface area (Å²) in [6.45, 7) is 1.02. The lowest BCUT2D eigenvalue weighted by Gasteiger charge is -2.27. The van der Waals surface area contributed by atoms with E-state index in [2.05, 4.69) is 21.8 Å². The molecule has 2 aliphatic rings. The van der Waals surface area contributed by atoms with Crippen molar-refractivity contribution < 1.29 is 18.3 Å². The van der Waals surface area contributed by atoms with Crippen molar-refractivity contribution in [3.05, 3.63) is 82.6 Å². The van der Waals surface area contributed by atoms with Crippen molar-refractivity contribution in [1.82, 2.24) is 19.9 Å². The number of nitrogens with zero attached hydrogens (tertiary/aromatic N) is 4. The normalized spacial score (nSPS) is 15.2. The van der Waals surface area contributed by atoms with E-state index < -0.39 is 11.6 Å². The summed E-state index contributed by atoms with van der Waals surface area (Å²) < 4.78 is 36.3. The highest BCUT2D eigenvalue weighted by molar-refractivity contribution is 5.79. The summed E-state index contributed by atoms with van der Waals surface area (Å²) in [6.07, 6.45) is 8.84. The van der Waals surface area contributed by atoms with Gasteiger partial charge in [-0.2, -0.15) is 0 Å². The lowest BCUT2D eigenvalue weighted by molar-refractivity contribution is -0.135. The van der Waals surface area contributed by atoms with Crippen LogP contribution in [-0.4, -0.2) is 52.1 Å². The molecule has 2 aromatic rings. The van der Waals surface area contributed by atoms with Gasteiger partial charge in [-0.15, -0.1) is 5.10 Å². The SMILES string of the molecule is NCc1cn(-c2cc(F)c(C3=CCN(C(=O)COCC4=CC=C=C=C4)CC3)c(F)c2)nn1. The van der Waals surface area contributed by atoms with Gasteiger partial charge in [0.25, 0.3) is 0 Å². The molecule has 0 saturated heterocycles. The van der Waals surface area contributed by atoms with Gasteiger partial charge >= 0.3 is 0 Å². The number of hydrogen-bond acceptors (Lipinski definition) is 5. The quantitative estimate of drug-likeness (QED) is 0.673. The predicted molar refractivity (Wildman–Crippen MR) is 113 cm³/mol. The smallest absolute Gasteiger partial charge is 0.248 e. The zero-order valence-corrected chi connectivity index (χ0v) is 17.2. The van der Waals surface area contributed by atoms with Crippen molar-refractivity contribution in [2.24, 2.45) is 5.73 Å². The summed E-state index contributed by atoms with van der Waals surface area (Å²) in [5, 5.41) is 7.66. The van der Waals surface area contributed by atoms with E-state index in [1.165, 1.54) is 23.0 Å². The van der Waals surface area contributed by atoms with Crippen LogP contribution in [-0.2, 0) is 16.1 Å². The molecule has 0 unspecified atom stereocenters. The van der Waals surface area contributed by atoms with Crippen LogP contribution < -0.4 is 5.73 Å². The number of nitrogens with two attached hydrogens (primary N) is 1. The van der Waals surface area contributed by atoms with Gasteiger partial charge in [0, 0.05) is 37.3 Å². The number of amides is 1. The van der Waals surface area contributed by atoms with Crippen LogP contribution in [0.5, 0.6) is 0 Å². The molecule has 0 fully saturated rings. The molecule has 0 bridgehead atoms. The maximum Gasteiger partial charge on any atom is 0.248 e. The van der Waals surface area contributed by atoms with Gasteiger partial charge in [-0.25, -0.2) is 13.5 Å². The number of benzene rings is 1. The minimum atomic E-state index is -0.698. The molecule has 1 amide bonds. The minimum absolute atomic E-state index is 0.0676. The molecule has 32 heavy (non-hydrogen) atoms. The first-order chi connectivity index (χ1) is 15.5. The molecular formula is C23H21F2N5O2. The molecule has 0 saturated carbocycles. The third-order valence-electron chi connectivity index (χ3n) is 5.14. The lowest BCUT2D eigenvalue weighted by atomic mass is 9.98. The molecule has 0 spiro atoms. The van der Waals surface area contributed by atoms with Gasteiger partial charge in [-0.1, -0.05) is 22.8 Å². The van der Waals surface area contributed by atoms with Gasteiger partial charge in [0.15, 0.2) is 0 Å². The average Bonchev–Trinajstić information content (AvgIpc) is 3.29. The maximum atomic E-state index is 14.8. The molecule has 0 radical (unpaired) electrons. The van der Waals surface area contributed by atoms with Crippen LogP contribution in [0.2, 0.25) is 0 Å². The fourth-order valence-corrected chi connectivity index (χ4v) is 3.46. The lowest BCUT2D eigenvalue weighted by Crippen LogP contribution is -2.37. The van der Waals surface area contributed by atoms with E-state index in [0.29, 0.717) is 30.8 Å². The minimum Gasteiger partial charge on any atom is -0.367 e. The Morgan fingerprint density at radius 2 is 2.06 bits per heavy atom. The molecule has 1 aliphatic heterocycles. The van der Waals surface area contributed by atoms with Crippen molar-refractivity contribution >= 4 is 11.5 Å². The van der Waals surface area contributed by atoms with Gasteiger partial charge in [-0.3, -0.25) is 4.79 Å². The highest BCUT2D eigenvalue weighted by atomic mass is 19.1. The highest BCUT2D eigenvalue weighted by Gasteiger charge is 2.22. The fraction of sp³-hybridized carbons (Fsp3) is 0.261. The van der Waals surface area contributed by atoms with E-state index in [1.807, 2.05) is 6.08 Å². The third-order valence-corrected chi connectivity index (χ3v) is 5.14. The molecule has 7 nitrogen and oxygen atoms in total. The number of allylic oxidation sites excluding steroid dienone is 2. The monoisotopic (exact) mass is 437 g/mol. The first kappa shape index (κ1) is 21.6. The first-order valence-electron chi connectivity index (χ1n) is 10.1. The molecule has 9 heteroatoms. The summed E-state index contributed by atoms with van der Waals surface area (Å²) in [7, 11) is 0. The Labute approximate surface area is 183 Å². The Balaban J connectivity index is 1.38. The van der Waals surface area contributed by atoms with E-state index in [4.69, 9.17) is 10.5 Å². The molecular weight excluding hydrogens is 416 g/mol. The summed E-state index contributed by atoms with van der Waals surface area (Å²) in [5.41, 5.74) is 13.2. The molecule has 0 atom stereocenters. The van der Waals surface area contributed by atoms with Gasteiger partial charge in [0.1, 0.15) is 18.2 Å². The molecule has 4 rings (SSSR count). The van der Waals surface area contributed by atoms with Gasteiger partial charge < -0.3 is 15.4 Å². The Kier molecular flexibility index (Phi) is 6.54. The zero-order valence-electron chi connectivity index (χ0n) is 17.2. The van der Waals surface area contributed by atoms with Crippen molar-refractivity contribution in [3.63, 3.8) is 0 Å². The molecule has 2 N–H and O–H groups in total. The first-order valence-corrected chi connectivity index (χ1v) is 10.1. The van der Waals surface area contributed by atoms with Crippen molar-refractivity contribution in [2.45, 2.75) is 13.0 Å². The predicted octanol–water partition coefficient (Wildman–Crippen LogP) is 2.44. The molecule has 1 aliphatic carbocycles. The number of aromatic nitrogens is 3. The van der Waals surface area contributed by atoms with E-state index in [9.17, 15) is 13.6 Å². The fourth-order valence-electron chi connectivity index (χ4n) is 3.46. The van der Waals surface area contributed by atoms with E-state index in [-0.39, 0.29) is 36.9 Å². The van der Waals surface area contributed by atoms with Crippen molar-refractivity contribution in [2.75, 3.05) is 26.3 Å². The van der Waals surface area contributed by atoms with Crippen LogP contribution in [0.4, 0.5) is 8.78 Å². The molecule has 164 valence electrons.